The van der Waals surface area contributed by atoms with E-state index in [1.54, 1.807) is 30.6 Å². The fraction of sp³-hybridized carbons (Fsp3) is 0.211. The molecular weight excluding hydrogens is 396 g/mol. The molecule has 0 radical (unpaired) electrons. The normalized spacial score (nSPS) is 13.1. The van der Waals surface area contributed by atoms with Crippen molar-refractivity contribution in [2.45, 2.75) is 24.0 Å². The Morgan fingerprint density at radius 3 is 2.89 bits per heavy atom. The monoisotopic (exact) mass is 410 g/mol. The van der Waals surface area contributed by atoms with E-state index >= 15 is 0 Å². The first-order valence-corrected chi connectivity index (χ1v) is 9.99. The van der Waals surface area contributed by atoms with E-state index in [0.717, 1.165) is 29.4 Å². The number of anilines is 1. The molecule has 1 aliphatic carbocycles. The molecular formula is C19H15ClN6OS. The molecule has 0 unspecified atom stereocenters. The Hall–Kier alpha value is -2.89. The van der Waals surface area contributed by atoms with Crippen LogP contribution in [-0.4, -0.2) is 31.4 Å². The number of halogens is 1. The summed E-state index contributed by atoms with van der Waals surface area (Å²) in [7, 11) is 0. The Morgan fingerprint density at radius 2 is 2.21 bits per heavy atom. The van der Waals surface area contributed by atoms with Crippen LogP contribution in [0.25, 0.3) is 11.4 Å². The number of carbonyl (C=O) groups is 1. The molecule has 0 atom stereocenters. The summed E-state index contributed by atoms with van der Waals surface area (Å²) in [5.41, 5.74) is 1.83. The van der Waals surface area contributed by atoms with Crippen LogP contribution in [0.4, 0.5) is 5.69 Å². The van der Waals surface area contributed by atoms with Crippen molar-refractivity contribution in [1.82, 2.24) is 19.7 Å². The van der Waals surface area contributed by atoms with Crippen LogP contribution in [0.5, 0.6) is 0 Å². The van der Waals surface area contributed by atoms with Gasteiger partial charge in [0.1, 0.15) is 6.07 Å². The van der Waals surface area contributed by atoms with Crippen LogP contribution in [0, 0.1) is 11.3 Å². The minimum absolute atomic E-state index is 0.181. The largest absolute Gasteiger partial charge is 0.325 e. The highest BCUT2D eigenvalue weighted by Crippen LogP contribution is 2.40. The van der Waals surface area contributed by atoms with Crippen molar-refractivity contribution < 1.29 is 4.79 Å². The second kappa shape index (κ2) is 8.00. The average molecular weight is 411 g/mol. The van der Waals surface area contributed by atoms with Gasteiger partial charge in [-0.15, -0.1) is 10.2 Å². The van der Waals surface area contributed by atoms with Crippen molar-refractivity contribution in [2.24, 2.45) is 0 Å². The number of carbonyl (C=O) groups excluding carboxylic acids is 1. The van der Waals surface area contributed by atoms with E-state index in [4.69, 9.17) is 16.9 Å². The number of nitriles is 1. The van der Waals surface area contributed by atoms with Crippen LogP contribution >= 0.6 is 23.4 Å². The third kappa shape index (κ3) is 4.01. The molecule has 1 saturated carbocycles. The van der Waals surface area contributed by atoms with Crippen LogP contribution in [-0.2, 0) is 4.79 Å². The molecule has 140 valence electrons. The summed E-state index contributed by atoms with van der Waals surface area (Å²) in [6.07, 6.45) is 5.64. The first-order chi connectivity index (χ1) is 13.7. The van der Waals surface area contributed by atoms with Gasteiger partial charge in [-0.2, -0.15) is 5.26 Å². The molecule has 7 nitrogen and oxygen atoms in total. The van der Waals surface area contributed by atoms with Crippen LogP contribution < -0.4 is 5.32 Å². The summed E-state index contributed by atoms with van der Waals surface area (Å²) in [5.74, 6) is 0.784. The lowest BCUT2D eigenvalue weighted by molar-refractivity contribution is -0.113. The van der Waals surface area contributed by atoms with E-state index in [9.17, 15) is 4.79 Å². The molecule has 1 aromatic carbocycles. The smallest absolute Gasteiger partial charge is 0.234 e. The second-order valence-electron chi connectivity index (χ2n) is 6.29. The molecule has 1 fully saturated rings. The molecule has 2 heterocycles. The van der Waals surface area contributed by atoms with E-state index < -0.39 is 0 Å². The van der Waals surface area contributed by atoms with Gasteiger partial charge in [0, 0.05) is 29.7 Å². The van der Waals surface area contributed by atoms with E-state index in [1.807, 2.05) is 18.2 Å². The highest BCUT2D eigenvalue weighted by atomic mass is 35.5. The molecule has 2 aromatic heterocycles. The number of amides is 1. The Bertz CT molecular complexity index is 1060. The van der Waals surface area contributed by atoms with Gasteiger partial charge in [-0.25, -0.2) is 0 Å². The van der Waals surface area contributed by atoms with Gasteiger partial charge in [0.25, 0.3) is 0 Å². The van der Waals surface area contributed by atoms with E-state index in [0.29, 0.717) is 22.3 Å². The van der Waals surface area contributed by atoms with Crippen LogP contribution in [0.15, 0.2) is 47.9 Å². The van der Waals surface area contributed by atoms with Gasteiger partial charge in [-0.1, -0.05) is 23.4 Å². The molecule has 0 spiro atoms. The molecule has 4 rings (SSSR count). The van der Waals surface area contributed by atoms with Crippen molar-refractivity contribution in [3.05, 3.63) is 53.3 Å². The number of hydrogen-bond donors (Lipinski definition) is 1. The van der Waals surface area contributed by atoms with E-state index in [1.165, 1.54) is 11.8 Å². The number of aromatic nitrogens is 4. The Balaban J connectivity index is 1.45. The average Bonchev–Trinajstić information content (AvgIpc) is 3.46. The van der Waals surface area contributed by atoms with Crippen molar-refractivity contribution in [3.63, 3.8) is 0 Å². The number of pyridine rings is 1. The minimum Gasteiger partial charge on any atom is -0.325 e. The van der Waals surface area contributed by atoms with Gasteiger partial charge in [-0.3, -0.25) is 14.3 Å². The standard InChI is InChI=1S/C19H15ClN6OS/c20-16-8-14(4-3-12(16)9-21)23-17(27)11-28-19-25-24-18(26(19)15-5-6-15)13-2-1-7-22-10-13/h1-4,7-8,10,15H,5-6,11H2,(H,23,27). The maximum atomic E-state index is 12.3. The van der Waals surface area contributed by atoms with Crippen molar-refractivity contribution in [1.29, 1.82) is 5.26 Å². The molecule has 3 aromatic rings. The lowest BCUT2D eigenvalue weighted by Crippen LogP contribution is -2.14. The molecule has 0 aliphatic heterocycles. The summed E-state index contributed by atoms with van der Waals surface area (Å²) in [4.78, 5) is 16.5. The van der Waals surface area contributed by atoms with Crippen molar-refractivity contribution in [2.75, 3.05) is 11.1 Å². The topological polar surface area (TPSA) is 96.5 Å². The highest BCUT2D eigenvalue weighted by Gasteiger charge is 2.30. The fourth-order valence-electron chi connectivity index (χ4n) is 2.74. The lowest BCUT2D eigenvalue weighted by atomic mass is 10.2. The zero-order valence-corrected chi connectivity index (χ0v) is 16.2. The van der Waals surface area contributed by atoms with Crippen molar-refractivity contribution in [3.8, 4) is 17.5 Å². The third-order valence-electron chi connectivity index (χ3n) is 4.20. The SMILES string of the molecule is N#Cc1ccc(NC(=O)CSc2nnc(-c3cccnc3)n2C2CC2)cc1Cl. The lowest BCUT2D eigenvalue weighted by Gasteiger charge is -2.09. The Labute approximate surface area is 170 Å². The number of hydrogen-bond acceptors (Lipinski definition) is 6. The summed E-state index contributed by atoms with van der Waals surface area (Å²) in [6.45, 7) is 0. The van der Waals surface area contributed by atoms with Gasteiger partial charge in [0.05, 0.1) is 16.3 Å². The summed E-state index contributed by atoms with van der Waals surface area (Å²) in [5, 5.41) is 21.3. The molecule has 1 N–H and O–H groups in total. The Morgan fingerprint density at radius 1 is 1.36 bits per heavy atom. The molecule has 1 amide bonds. The zero-order chi connectivity index (χ0) is 19.5. The number of nitrogens with zero attached hydrogens (tertiary/aromatic N) is 5. The van der Waals surface area contributed by atoms with Crippen LogP contribution in [0.3, 0.4) is 0 Å². The van der Waals surface area contributed by atoms with Crippen LogP contribution in [0.2, 0.25) is 5.02 Å². The predicted octanol–water partition coefficient (Wildman–Crippen LogP) is 3.93. The quantitative estimate of drug-likeness (QED) is 0.618. The summed E-state index contributed by atoms with van der Waals surface area (Å²) < 4.78 is 2.09. The summed E-state index contributed by atoms with van der Waals surface area (Å²) in [6, 6.07) is 11.0. The number of nitrogens with one attached hydrogen (secondary N) is 1. The molecule has 0 saturated heterocycles. The van der Waals surface area contributed by atoms with Gasteiger partial charge in [0.15, 0.2) is 11.0 Å². The molecule has 1 aliphatic rings. The minimum atomic E-state index is -0.181. The summed E-state index contributed by atoms with van der Waals surface area (Å²) >= 11 is 7.35. The highest BCUT2D eigenvalue weighted by molar-refractivity contribution is 7.99. The molecule has 0 bridgehead atoms. The van der Waals surface area contributed by atoms with Gasteiger partial charge in [-0.05, 0) is 43.2 Å². The van der Waals surface area contributed by atoms with Gasteiger partial charge < -0.3 is 5.32 Å². The zero-order valence-electron chi connectivity index (χ0n) is 14.7. The maximum Gasteiger partial charge on any atom is 0.234 e. The number of benzene rings is 1. The molecule has 9 heteroatoms. The number of thioether (sulfide) groups is 1. The van der Waals surface area contributed by atoms with Crippen molar-refractivity contribution >= 4 is 35.0 Å². The van der Waals surface area contributed by atoms with Crippen LogP contribution in [0.1, 0.15) is 24.4 Å². The van der Waals surface area contributed by atoms with Gasteiger partial charge in [0.2, 0.25) is 5.91 Å². The second-order valence-corrected chi connectivity index (χ2v) is 7.64. The predicted molar refractivity (Wildman–Crippen MR) is 107 cm³/mol. The first-order valence-electron chi connectivity index (χ1n) is 8.63. The fourth-order valence-corrected chi connectivity index (χ4v) is 3.77. The number of rotatable bonds is 6. The Kier molecular flexibility index (Phi) is 5.28. The molecule has 28 heavy (non-hydrogen) atoms. The van der Waals surface area contributed by atoms with E-state index in [2.05, 4.69) is 25.1 Å². The third-order valence-corrected chi connectivity index (χ3v) is 5.46. The van der Waals surface area contributed by atoms with Gasteiger partial charge >= 0.3 is 0 Å². The first kappa shape index (κ1) is 18.5. The van der Waals surface area contributed by atoms with E-state index in [-0.39, 0.29) is 11.7 Å². The maximum absolute atomic E-state index is 12.3.